The Morgan fingerprint density at radius 2 is 2.11 bits per heavy atom. The molecule has 0 bridgehead atoms. The van der Waals surface area contributed by atoms with Crippen LogP contribution in [0.25, 0.3) is 16.6 Å². The van der Waals surface area contributed by atoms with Gasteiger partial charge in [0.15, 0.2) is 0 Å². The minimum atomic E-state index is -0.0973. The number of aryl methyl sites for hydroxylation is 2. The van der Waals surface area contributed by atoms with Crippen LogP contribution >= 0.6 is 0 Å². The molecule has 5 rings (SSSR count). The van der Waals surface area contributed by atoms with Crippen molar-refractivity contribution in [3.63, 3.8) is 0 Å². The molecule has 1 aliphatic carbocycles. The third-order valence-corrected chi connectivity index (χ3v) is 4.87. The van der Waals surface area contributed by atoms with Gasteiger partial charge in [-0.3, -0.25) is 9.67 Å². The van der Waals surface area contributed by atoms with Crippen molar-refractivity contribution in [1.82, 2.24) is 24.5 Å². The Morgan fingerprint density at radius 1 is 1.19 bits per heavy atom. The number of aromatic nitrogens is 5. The molecule has 1 atom stereocenters. The minimum Gasteiger partial charge on any atom is -0.484 e. The first-order valence-electron chi connectivity index (χ1n) is 8.73. The topological polar surface area (TPSA) is 81.5 Å². The van der Waals surface area contributed by atoms with Crippen LogP contribution in [0.3, 0.4) is 0 Å². The van der Waals surface area contributed by atoms with Crippen molar-refractivity contribution in [1.29, 1.82) is 5.26 Å². The van der Waals surface area contributed by atoms with Crippen molar-refractivity contribution in [2.24, 2.45) is 7.05 Å². The molecule has 0 saturated heterocycles. The van der Waals surface area contributed by atoms with Gasteiger partial charge in [-0.05, 0) is 36.6 Å². The van der Waals surface area contributed by atoms with Gasteiger partial charge in [0.2, 0.25) is 0 Å². The molecule has 0 saturated carbocycles. The van der Waals surface area contributed by atoms with Crippen LogP contribution in [0.4, 0.5) is 0 Å². The smallest absolute Gasteiger partial charge is 0.141 e. The van der Waals surface area contributed by atoms with E-state index in [1.54, 1.807) is 17.1 Å². The second-order valence-corrected chi connectivity index (χ2v) is 6.67. The van der Waals surface area contributed by atoms with Crippen molar-refractivity contribution in [3.8, 4) is 17.5 Å². The van der Waals surface area contributed by atoms with Gasteiger partial charge in [0.1, 0.15) is 23.6 Å². The van der Waals surface area contributed by atoms with Gasteiger partial charge in [0.05, 0.1) is 35.4 Å². The average molecular weight is 356 g/mol. The summed E-state index contributed by atoms with van der Waals surface area (Å²) >= 11 is 0. The zero-order chi connectivity index (χ0) is 18.4. The Kier molecular flexibility index (Phi) is 3.44. The molecule has 1 aromatic carbocycles. The number of hydrogen-bond donors (Lipinski definition) is 0. The number of ether oxygens (including phenoxy) is 1. The van der Waals surface area contributed by atoms with Crippen LogP contribution in [0.1, 0.15) is 29.3 Å². The molecular formula is C20H16N6O. The highest BCUT2D eigenvalue weighted by Crippen LogP contribution is 2.35. The van der Waals surface area contributed by atoms with E-state index in [0.29, 0.717) is 5.56 Å². The fraction of sp³-hybridized carbons (Fsp3) is 0.200. The fourth-order valence-corrected chi connectivity index (χ4v) is 3.57. The Morgan fingerprint density at radius 3 is 2.93 bits per heavy atom. The summed E-state index contributed by atoms with van der Waals surface area (Å²) in [4.78, 5) is 4.45. The molecule has 0 spiro atoms. The summed E-state index contributed by atoms with van der Waals surface area (Å²) < 4.78 is 9.85. The molecule has 0 radical (unpaired) electrons. The monoisotopic (exact) mass is 356 g/mol. The second-order valence-electron chi connectivity index (χ2n) is 6.67. The van der Waals surface area contributed by atoms with Gasteiger partial charge in [-0.15, -0.1) is 0 Å². The van der Waals surface area contributed by atoms with Crippen LogP contribution in [0.5, 0.6) is 5.75 Å². The Hall–Kier alpha value is -3.66. The van der Waals surface area contributed by atoms with Crippen molar-refractivity contribution >= 4 is 10.9 Å². The summed E-state index contributed by atoms with van der Waals surface area (Å²) in [5, 5.41) is 18.8. The predicted molar refractivity (Wildman–Crippen MR) is 98.5 cm³/mol. The quantitative estimate of drug-likeness (QED) is 0.563. The van der Waals surface area contributed by atoms with Gasteiger partial charge in [-0.1, -0.05) is 0 Å². The summed E-state index contributed by atoms with van der Waals surface area (Å²) in [6, 6.07) is 10.0. The van der Waals surface area contributed by atoms with Gasteiger partial charge in [-0.25, -0.2) is 4.68 Å². The molecule has 4 aromatic rings. The van der Waals surface area contributed by atoms with Crippen molar-refractivity contribution in [2.75, 3.05) is 0 Å². The summed E-state index contributed by atoms with van der Waals surface area (Å²) in [7, 11) is 1.88. The maximum absolute atomic E-state index is 9.04. The molecule has 0 amide bonds. The highest BCUT2D eigenvalue weighted by Gasteiger charge is 2.26. The summed E-state index contributed by atoms with van der Waals surface area (Å²) in [6.07, 6.45) is 8.78. The number of fused-ring (bicyclic) bond motifs is 2. The normalized spacial score (nSPS) is 15.6. The molecule has 3 heterocycles. The zero-order valence-electron chi connectivity index (χ0n) is 14.7. The lowest BCUT2D eigenvalue weighted by Gasteiger charge is -2.14. The molecule has 27 heavy (non-hydrogen) atoms. The lowest BCUT2D eigenvalue weighted by Crippen LogP contribution is -2.05. The molecule has 1 aliphatic rings. The van der Waals surface area contributed by atoms with E-state index in [4.69, 9.17) is 10.00 Å². The summed E-state index contributed by atoms with van der Waals surface area (Å²) in [5.41, 5.74) is 4.49. The van der Waals surface area contributed by atoms with E-state index in [-0.39, 0.29) is 6.10 Å². The van der Waals surface area contributed by atoms with Crippen molar-refractivity contribution in [3.05, 3.63) is 65.9 Å². The largest absolute Gasteiger partial charge is 0.484 e. The van der Waals surface area contributed by atoms with E-state index < -0.39 is 0 Å². The lowest BCUT2D eigenvalue weighted by atomic mass is 10.2. The molecule has 0 fully saturated rings. The molecule has 3 aromatic heterocycles. The van der Waals surface area contributed by atoms with Crippen molar-refractivity contribution < 1.29 is 4.74 Å². The van der Waals surface area contributed by atoms with Gasteiger partial charge < -0.3 is 4.74 Å². The van der Waals surface area contributed by atoms with E-state index in [1.165, 1.54) is 0 Å². The molecular weight excluding hydrogens is 340 g/mol. The van der Waals surface area contributed by atoms with Crippen LogP contribution in [0, 0.1) is 11.3 Å². The number of nitrogens with zero attached hydrogens (tertiary/aromatic N) is 6. The van der Waals surface area contributed by atoms with Gasteiger partial charge in [-0.2, -0.15) is 15.5 Å². The van der Waals surface area contributed by atoms with Gasteiger partial charge >= 0.3 is 0 Å². The molecule has 7 nitrogen and oxygen atoms in total. The maximum Gasteiger partial charge on any atom is 0.141 e. The van der Waals surface area contributed by atoms with Crippen LogP contribution < -0.4 is 4.74 Å². The molecule has 0 unspecified atom stereocenters. The lowest BCUT2D eigenvalue weighted by molar-refractivity contribution is 0.203. The van der Waals surface area contributed by atoms with E-state index in [9.17, 15) is 0 Å². The Balaban J connectivity index is 1.48. The standard InChI is InChI=1S/C20H16N6O/c1-25-12-16(11-23-25)26-18-7-17(4-2-15(18)10-24-26)27-19-5-3-14-6-13(8-21)9-22-20(14)19/h2,4,6-7,9-12,19H,3,5H2,1H3/t19-/m0/s1. The third kappa shape index (κ3) is 2.62. The second kappa shape index (κ2) is 5.95. The fourth-order valence-electron chi connectivity index (χ4n) is 3.57. The summed E-state index contributed by atoms with van der Waals surface area (Å²) in [5.74, 6) is 0.775. The van der Waals surface area contributed by atoms with Gasteiger partial charge in [0, 0.05) is 24.7 Å². The highest BCUT2D eigenvalue weighted by molar-refractivity contribution is 5.81. The molecule has 7 heteroatoms. The van der Waals surface area contributed by atoms with Crippen LogP contribution in [-0.4, -0.2) is 24.5 Å². The average Bonchev–Trinajstić information content (AvgIpc) is 3.39. The first-order valence-corrected chi connectivity index (χ1v) is 8.73. The maximum atomic E-state index is 9.04. The zero-order valence-corrected chi connectivity index (χ0v) is 14.7. The number of pyridine rings is 1. The van der Waals surface area contributed by atoms with E-state index in [2.05, 4.69) is 21.3 Å². The van der Waals surface area contributed by atoms with E-state index in [0.717, 1.165) is 46.4 Å². The molecule has 0 aliphatic heterocycles. The number of benzene rings is 1. The minimum absolute atomic E-state index is 0.0973. The van der Waals surface area contributed by atoms with Crippen LogP contribution in [0.15, 0.2) is 49.1 Å². The molecule has 0 N–H and O–H groups in total. The Labute approximate surface area is 155 Å². The summed E-state index contributed by atoms with van der Waals surface area (Å²) in [6.45, 7) is 0. The van der Waals surface area contributed by atoms with Crippen LogP contribution in [0.2, 0.25) is 0 Å². The number of rotatable bonds is 3. The van der Waals surface area contributed by atoms with E-state index >= 15 is 0 Å². The first-order chi connectivity index (χ1) is 13.2. The SMILES string of the molecule is Cn1cc(-n2ncc3ccc(O[C@H]4CCc5cc(C#N)cnc54)cc32)cn1. The number of nitriles is 1. The number of hydrogen-bond acceptors (Lipinski definition) is 5. The third-order valence-electron chi connectivity index (χ3n) is 4.87. The Bertz CT molecular complexity index is 1200. The highest BCUT2D eigenvalue weighted by atomic mass is 16.5. The molecule has 132 valence electrons. The predicted octanol–water partition coefficient (Wildman–Crippen LogP) is 3.09. The van der Waals surface area contributed by atoms with E-state index in [1.807, 2.05) is 48.4 Å². The first kappa shape index (κ1) is 15.6. The van der Waals surface area contributed by atoms with Crippen LogP contribution in [-0.2, 0) is 13.5 Å². The van der Waals surface area contributed by atoms with Crippen molar-refractivity contribution in [2.45, 2.75) is 18.9 Å². The van der Waals surface area contributed by atoms with Gasteiger partial charge in [0.25, 0.3) is 0 Å².